The quantitative estimate of drug-likeness (QED) is 0.714. The van der Waals surface area contributed by atoms with E-state index in [-0.39, 0.29) is 5.78 Å². The van der Waals surface area contributed by atoms with Crippen LogP contribution in [-0.2, 0) is 4.79 Å². The summed E-state index contributed by atoms with van der Waals surface area (Å²) in [6, 6.07) is 8.89. The van der Waals surface area contributed by atoms with Gasteiger partial charge in [-0.1, -0.05) is 0 Å². The molecular weight excluding hydrogens is 382 g/mol. The molecule has 0 radical (unpaired) electrons. The van der Waals surface area contributed by atoms with Crippen LogP contribution < -0.4 is 14.8 Å². The lowest BCUT2D eigenvalue weighted by atomic mass is 9.85. The van der Waals surface area contributed by atoms with Crippen LogP contribution in [0.25, 0.3) is 11.4 Å². The largest absolute Gasteiger partial charge is 0.497 e. The van der Waals surface area contributed by atoms with Crippen molar-refractivity contribution in [3.05, 3.63) is 59.6 Å². The van der Waals surface area contributed by atoms with Crippen LogP contribution in [0, 0.1) is 0 Å². The third-order valence-electron chi connectivity index (χ3n) is 5.52. The molecule has 30 heavy (non-hydrogen) atoms. The molecule has 0 spiro atoms. The molecule has 1 unspecified atom stereocenters. The van der Waals surface area contributed by atoms with Gasteiger partial charge < -0.3 is 14.8 Å². The van der Waals surface area contributed by atoms with Crippen LogP contribution in [0.15, 0.2) is 54.0 Å². The van der Waals surface area contributed by atoms with Gasteiger partial charge in [-0.2, -0.15) is 4.98 Å². The summed E-state index contributed by atoms with van der Waals surface area (Å²) < 4.78 is 12.8. The topological polar surface area (TPSA) is 91.2 Å². The van der Waals surface area contributed by atoms with E-state index in [0.29, 0.717) is 35.3 Å². The minimum absolute atomic E-state index is 0.114. The molecule has 3 heterocycles. The second-order valence-corrected chi connectivity index (χ2v) is 7.25. The first kappa shape index (κ1) is 18.4. The number of benzene rings is 1. The highest BCUT2D eigenvalue weighted by molar-refractivity contribution is 5.99. The molecule has 0 fully saturated rings. The Kier molecular flexibility index (Phi) is 4.46. The highest BCUT2D eigenvalue weighted by atomic mass is 16.5. The third-order valence-corrected chi connectivity index (χ3v) is 5.52. The van der Waals surface area contributed by atoms with Gasteiger partial charge in [-0.15, -0.1) is 5.10 Å². The summed E-state index contributed by atoms with van der Waals surface area (Å²) >= 11 is 0. The number of anilines is 1. The average Bonchev–Trinajstić information content (AvgIpc) is 3.22. The zero-order valence-electron chi connectivity index (χ0n) is 16.8. The van der Waals surface area contributed by atoms with E-state index in [1.807, 2.05) is 30.3 Å². The van der Waals surface area contributed by atoms with Gasteiger partial charge in [0.1, 0.15) is 17.5 Å². The van der Waals surface area contributed by atoms with Crippen molar-refractivity contribution in [1.82, 2.24) is 19.7 Å². The molecule has 1 aliphatic carbocycles. The Morgan fingerprint density at radius 3 is 2.83 bits per heavy atom. The van der Waals surface area contributed by atoms with Crippen LogP contribution in [-0.4, -0.2) is 39.8 Å². The number of hydrogen-bond acceptors (Lipinski definition) is 7. The monoisotopic (exact) mass is 403 g/mol. The van der Waals surface area contributed by atoms with Crippen molar-refractivity contribution >= 4 is 11.7 Å². The normalized spacial score (nSPS) is 17.8. The molecule has 152 valence electrons. The maximum Gasteiger partial charge on any atom is 0.226 e. The number of nitrogens with zero attached hydrogens (tertiary/aromatic N) is 4. The Morgan fingerprint density at radius 1 is 1.17 bits per heavy atom. The Labute approximate surface area is 173 Å². The lowest BCUT2D eigenvalue weighted by molar-refractivity contribution is -0.116. The van der Waals surface area contributed by atoms with Crippen LogP contribution in [0.3, 0.4) is 0 Å². The maximum absolute atomic E-state index is 13.0. The number of nitrogens with one attached hydrogen (secondary N) is 1. The molecule has 1 atom stereocenters. The first-order chi connectivity index (χ1) is 14.7. The number of methoxy groups -OCH3 is 2. The van der Waals surface area contributed by atoms with Crippen molar-refractivity contribution in [2.24, 2.45) is 0 Å². The van der Waals surface area contributed by atoms with Gasteiger partial charge in [-0.05, 0) is 43.2 Å². The Morgan fingerprint density at radius 2 is 2.07 bits per heavy atom. The van der Waals surface area contributed by atoms with Crippen molar-refractivity contribution in [2.75, 3.05) is 19.5 Å². The van der Waals surface area contributed by atoms with Crippen LogP contribution in [0.2, 0.25) is 0 Å². The highest BCUT2D eigenvalue weighted by Crippen LogP contribution is 2.44. The fraction of sp³-hybridized carbons (Fsp3) is 0.273. The number of allylic oxidation sites excluding steroid dienone is 2. The molecule has 0 saturated heterocycles. The maximum atomic E-state index is 13.0. The zero-order valence-corrected chi connectivity index (χ0v) is 16.8. The molecule has 1 aromatic carbocycles. The molecule has 0 amide bonds. The van der Waals surface area contributed by atoms with E-state index in [1.165, 1.54) is 0 Å². The number of ether oxygens (including phenoxy) is 2. The predicted octanol–water partition coefficient (Wildman–Crippen LogP) is 3.38. The van der Waals surface area contributed by atoms with E-state index in [9.17, 15) is 4.79 Å². The van der Waals surface area contributed by atoms with Crippen LogP contribution in [0.4, 0.5) is 5.95 Å². The van der Waals surface area contributed by atoms with Crippen molar-refractivity contribution < 1.29 is 14.3 Å². The molecule has 3 aromatic rings. The minimum atomic E-state index is -0.452. The van der Waals surface area contributed by atoms with Crippen LogP contribution in [0.1, 0.15) is 30.9 Å². The van der Waals surface area contributed by atoms with Gasteiger partial charge in [-0.25, -0.2) is 4.68 Å². The first-order valence-corrected chi connectivity index (χ1v) is 9.81. The molecule has 2 aromatic heterocycles. The van der Waals surface area contributed by atoms with E-state index >= 15 is 0 Å². The van der Waals surface area contributed by atoms with Crippen LogP contribution >= 0.6 is 0 Å². The van der Waals surface area contributed by atoms with Gasteiger partial charge in [0.05, 0.1) is 14.2 Å². The molecule has 1 aliphatic heterocycles. The average molecular weight is 403 g/mol. The zero-order chi connectivity index (χ0) is 20.7. The lowest BCUT2D eigenvalue weighted by Crippen LogP contribution is -2.31. The summed E-state index contributed by atoms with van der Waals surface area (Å²) in [5.41, 5.74) is 3.23. The molecule has 8 heteroatoms. The highest BCUT2D eigenvalue weighted by Gasteiger charge is 2.38. The number of Topliss-reactive ketones (excluding diaryl/α,β-unsaturated/α-hetero) is 1. The standard InChI is InChI=1S/C22H21N5O3/c1-29-14-8-9-18(30-2)15(11-14)20-19-16(6-3-7-17(19)28)24-22-25-21(26-27(20)22)13-5-4-10-23-12-13/h4-5,8-12,20H,3,6-7H2,1-2H3,(H,24,25,26). The van der Waals surface area contributed by atoms with E-state index < -0.39 is 6.04 Å². The van der Waals surface area contributed by atoms with E-state index in [2.05, 4.69) is 10.3 Å². The Hall–Kier alpha value is -3.68. The number of carbonyl (C=O) groups excluding carboxylic acids is 1. The summed E-state index contributed by atoms with van der Waals surface area (Å²) in [7, 11) is 3.24. The van der Waals surface area contributed by atoms with E-state index in [1.54, 1.807) is 31.3 Å². The van der Waals surface area contributed by atoms with Crippen molar-refractivity contribution in [3.8, 4) is 22.9 Å². The van der Waals surface area contributed by atoms with Gasteiger partial charge in [0, 0.05) is 41.2 Å². The molecule has 8 nitrogen and oxygen atoms in total. The fourth-order valence-corrected chi connectivity index (χ4v) is 4.11. The summed E-state index contributed by atoms with van der Waals surface area (Å²) in [6.45, 7) is 0. The molecule has 2 aliphatic rings. The summed E-state index contributed by atoms with van der Waals surface area (Å²) in [5, 5.41) is 8.10. The smallest absolute Gasteiger partial charge is 0.226 e. The summed E-state index contributed by atoms with van der Waals surface area (Å²) in [4.78, 5) is 21.9. The van der Waals surface area contributed by atoms with Crippen molar-refractivity contribution in [1.29, 1.82) is 0 Å². The second kappa shape index (κ2) is 7.29. The van der Waals surface area contributed by atoms with Crippen molar-refractivity contribution in [2.45, 2.75) is 25.3 Å². The number of pyridine rings is 1. The predicted molar refractivity (Wildman–Crippen MR) is 110 cm³/mol. The number of fused-ring (bicyclic) bond motifs is 1. The number of ketones is 1. The second-order valence-electron chi connectivity index (χ2n) is 7.25. The summed E-state index contributed by atoms with van der Waals surface area (Å²) in [5.74, 6) is 2.60. The van der Waals surface area contributed by atoms with Gasteiger partial charge in [-0.3, -0.25) is 9.78 Å². The molecule has 0 saturated carbocycles. The molecule has 0 bridgehead atoms. The van der Waals surface area contributed by atoms with Gasteiger partial charge in [0.2, 0.25) is 5.95 Å². The third kappa shape index (κ3) is 2.92. The SMILES string of the molecule is COc1ccc(OC)c(C2C3=C(CCCC3=O)Nc3nc(-c4cccnc4)nn32)c1. The Balaban J connectivity index is 1.73. The number of rotatable bonds is 4. The van der Waals surface area contributed by atoms with Crippen molar-refractivity contribution in [3.63, 3.8) is 0 Å². The number of carbonyl (C=O) groups is 1. The van der Waals surface area contributed by atoms with Gasteiger partial charge in [0.15, 0.2) is 11.6 Å². The molecule has 1 N–H and O–H groups in total. The van der Waals surface area contributed by atoms with Gasteiger partial charge >= 0.3 is 0 Å². The Bertz CT molecular complexity index is 1150. The number of aromatic nitrogens is 4. The summed E-state index contributed by atoms with van der Waals surface area (Å²) in [6.07, 6.45) is 5.56. The van der Waals surface area contributed by atoms with E-state index in [0.717, 1.165) is 29.7 Å². The molecular formula is C22H21N5O3. The van der Waals surface area contributed by atoms with Crippen LogP contribution in [0.5, 0.6) is 11.5 Å². The lowest BCUT2D eigenvalue weighted by Gasteiger charge is -2.32. The first-order valence-electron chi connectivity index (χ1n) is 9.81. The minimum Gasteiger partial charge on any atom is -0.497 e. The van der Waals surface area contributed by atoms with Gasteiger partial charge in [0.25, 0.3) is 0 Å². The molecule has 5 rings (SSSR count). The van der Waals surface area contributed by atoms with E-state index in [4.69, 9.17) is 19.6 Å². The fourth-order valence-electron chi connectivity index (χ4n) is 4.11. The number of hydrogen-bond donors (Lipinski definition) is 1.